The Labute approximate surface area is 123 Å². The highest BCUT2D eigenvalue weighted by Gasteiger charge is 2.23. The Hall–Kier alpha value is -1.50. The van der Waals surface area contributed by atoms with Gasteiger partial charge in [0.25, 0.3) is 0 Å². The van der Waals surface area contributed by atoms with E-state index < -0.39 is 12.1 Å². The van der Waals surface area contributed by atoms with Crippen molar-refractivity contribution in [1.82, 2.24) is 15.1 Å². The van der Waals surface area contributed by atoms with Crippen LogP contribution in [0.15, 0.2) is 0 Å². The summed E-state index contributed by atoms with van der Waals surface area (Å²) in [5, 5.41) is 6.54. The second-order valence-corrected chi connectivity index (χ2v) is 5.39. The Morgan fingerprint density at radius 1 is 1.38 bits per heavy atom. The van der Waals surface area contributed by atoms with Crippen LogP contribution in [0.1, 0.15) is 50.2 Å². The van der Waals surface area contributed by atoms with Gasteiger partial charge in [-0.3, -0.25) is 4.79 Å². The van der Waals surface area contributed by atoms with Gasteiger partial charge in [0.05, 0.1) is 12.1 Å². The summed E-state index contributed by atoms with van der Waals surface area (Å²) in [5.41, 5.74) is 7.01. The van der Waals surface area contributed by atoms with Crippen molar-refractivity contribution in [2.75, 3.05) is 6.54 Å². The zero-order chi connectivity index (χ0) is 16.2. The van der Waals surface area contributed by atoms with Gasteiger partial charge in [0.15, 0.2) is 0 Å². The number of aryl methyl sites for hydroxylation is 1. The fraction of sp³-hybridized carbons (Fsp3) is 0.714. The van der Waals surface area contributed by atoms with Crippen molar-refractivity contribution in [3.05, 3.63) is 17.0 Å². The average molecular weight is 302 g/mol. The highest BCUT2D eigenvalue weighted by atomic mass is 19.3. The third kappa shape index (κ3) is 4.23. The van der Waals surface area contributed by atoms with E-state index in [2.05, 4.69) is 10.4 Å². The van der Waals surface area contributed by atoms with Gasteiger partial charge in [-0.2, -0.15) is 13.9 Å². The number of halogens is 2. The first-order valence-electron chi connectivity index (χ1n) is 7.12. The Morgan fingerprint density at radius 3 is 2.38 bits per heavy atom. The maximum atomic E-state index is 12.7. The van der Waals surface area contributed by atoms with Gasteiger partial charge >= 0.3 is 6.55 Å². The minimum absolute atomic E-state index is 0.0356. The van der Waals surface area contributed by atoms with E-state index in [0.717, 1.165) is 12.8 Å². The van der Waals surface area contributed by atoms with Gasteiger partial charge in [-0.25, -0.2) is 4.68 Å². The first kappa shape index (κ1) is 17.6. The molecule has 120 valence electrons. The molecule has 0 aliphatic heterocycles. The van der Waals surface area contributed by atoms with E-state index in [1.54, 1.807) is 13.8 Å². The molecule has 0 spiro atoms. The van der Waals surface area contributed by atoms with Crippen LogP contribution in [0.25, 0.3) is 0 Å². The predicted molar refractivity (Wildman–Crippen MR) is 77.2 cm³/mol. The van der Waals surface area contributed by atoms with Crippen molar-refractivity contribution in [3.8, 4) is 0 Å². The third-order valence-electron chi connectivity index (χ3n) is 4.04. The number of alkyl halides is 2. The molecule has 0 fully saturated rings. The van der Waals surface area contributed by atoms with Crippen LogP contribution in [-0.2, 0) is 11.2 Å². The van der Waals surface area contributed by atoms with E-state index in [9.17, 15) is 13.6 Å². The van der Waals surface area contributed by atoms with Gasteiger partial charge in [-0.15, -0.1) is 0 Å². The number of nitrogens with one attached hydrogen (secondary N) is 1. The van der Waals surface area contributed by atoms with Crippen LogP contribution in [0, 0.1) is 13.8 Å². The maximum Gasteiger partial charge on any atom is 0.333 e. The fourth-order valence-electron chi connectivity index (χ4n) is 2.14. The number of hydrogen-bond donors (Lipinski definition) is 2. The standard InChI is InChI=1S/C14H24F2N4O/c1-5-14(17,6-2)8-18-12(21)7-11-9(3)19-20(10(11)4)13(15)16/h13H,5-8,17H2,1-4H3,(H,18,21). The molecule has 0 aliphatic rings. The smallest absolute Gasteiger partial charge is 0.333 e. The lowest BCUT2D eigenvalue weighted by molar-refractivity contribution is -0.120. The van der Waals surface area contributed by atoms with Crippen LogP contribution in [0.5, 0.6) is 0 Å². The van der Waals surface area contributed by atoms with Crippen LogP contribution in [0.4, 0.5) is 8.78 Å². The van der Waals surface area contributed by atoms with Crippen LogP contribution < -0.4 is 11.1 Å². The Balaban J connectivity index is 2.72. The Bertz CT molecular complexity index is 495. The van der Waals surface area contributed by atoms with Crippen molar-refractivity contribution < 1.29 is 13.6 Å². The van der Waals surface area contributed by atoms with Crippen molar-refractivity contribution in [2.24, 2.45) is 5.73 Å². The van der Waals surface area contributed by atoms with Crippen molar-refractivity contribution in [2.45, 2.75) is 59.0 Å². The lowest BCUT2D eigenvalue weighted by Gasteiger charge is -2.26. The molecule has 5 nitrogen and oxygen atoms in total. The SMILES string of the molecule is CCC(N)(CC)CNC(=O)Cc1c(C)nn(C(F)F)c1C. The number of rotatable bonds is 7. The highest BCUT2D eigenvalue weighted by molar-refractivity contribution is 5.79. The monoisotopic (exact) mass is 302 g/mol. The summed E-state index contributed by atoms with van der Waals surface area (Å²) in [5.74, 6) is -0.230. The molecule has 3 N–H and O–H groups in total. The lowest BCUT2D eigenvalue weighted by atomic mass is 9.94. The molecule has 1 aromatic rings. The zero-order valence-corrected chi connectivity index (χ0v) is 13.0. The second kappa shape index (κ2) is 6.98. The van der Waals surface area contributed by atoms with Crippen molar-refractivity contribution in [1.29, 1.82) is 0 Å². The topological polar surface area (TPSA) is 72.9 Å². The summed E-state index contributed by atoms with van der Waals surface area (Å²) >= 11 is 0. The first-order valence-corrected chi connectivity index (χ1v) is 7.12. The van der Waals surface area contributed by atoms with Crippen LogP contribution in [0.3, 0.4) is 0 Å². The predicted octanol–water partition coefficient (Wildman–Crippen LogP) is 2.07. The minimum atomic E-state index is -2.70. The number of carbonyl (C=O) groups excluding carboxylic acids is 1. The van der Waals surface area contributed by atoms with Crippen molar-refractivity contribution >= 4 is 5.91 Å². The number of carbonyl (C=O) groups is 1. The minimum Gasteiger partial charge on any atom is -0.354 e. The average Bonchev–Trinajstić information content (AvgIpc) is 2.73. The molecule has 7 heteroatoms. The maximum absolute atomic E-state index is 12.7. The molecular formula is C14H24F2N4O. The van der Waals surface area contributed by atoms with Gasteiger partial charge in [-0.05, 0) is 26.7 Å². The lowest BCUT2D eigenvalue weighted by Crippen LogP contribution is -2.49. The molecule has 0 aromatic carbocycles. The molecule has 0 radical (unpaired) electrons. The molecule has 1 amide bonds. The molecular weight excluding hydrogens is 278 g/mol. The molecule has 0 saturated heterocycles. The molecule has 0 unspecified atom stereocenters. The normalized spacial score (nSPS) is 12.0. The number of hydrogen-bond acceptors (Lipinski definition) is 3. The van der Waals surface area contributed by atoms with E-state index >= 15 is 0 Å². The van der Waals surface area contributed by atoms with E-state index in [4.69, 9.17) is 5.73 Å². The summed E-state index contributed by atoms with van der Waals surface area (Å²) in [7, 11) is 0. The van der Waals surface area contributed by atoms with Gasteiger partial charge in [0.1, 0.15) is 0 Å². The van der Waals surface area contributed by atoms with E-state index in [1.165, 1.54) is 0 Å². The van der Waals surface area contributed by atoms with Crippen LogP contribution >= 0.6 is 0 Å². The Kier molecular flexibility index (Phi) is 5.83. The van der Waals surface area contributed by atoms with E-state index in [-0.39, 0.29) is 12.3 Å². The Morgan fingerprint density at radius 2 is 1.95 bits per heavy atom. The molecule has 0 bridgehead atoms. The van der Waals surface area contributed by atoms with Gasteiger partial charge in [-0.1, -0.05) is 13.8 Å². The molecule has 0 aliphatic carbocycles. The van der Waals surface area contributed by atoms with Crippen LogP contribution in [0.2, 0.25) is 0 Å². The summed E-state index contributed by atoms with van der Waals surface area (Å²) in [6, 6.07) is 0. The summed E-state index contributed by atoms with van der Waals surface area (Å²) < 4.78 is 26.1. The largest absolute Gasteiger partial charge is 0.354 e. The van der Waals surface area contributed by atoms with Gasteiger partial charge < -0.3 is 11.1 Å². The van der Waals surface area contributed by atoms with Gasteiger partial charge in [0.2, 0.25) is 5.91 Å². The fourth-order valence-corrected chi connectivity index (χ4v) is 2.14. The third-order valence-corrected chi connectivity index (χ3v) is 4.04. The van der Waals surface area contributed by atoms with Crippen molar-refractivity contribution in [3.63, 3.8) is 0 Å². The molecule has 0 saturated carbocycles. The first-order chi connectivity index (χ1) is 9.74. The second-order valence-electron chi connectivity index (χ2n) is 5.39. The summed E-state index contributed by atoms with van der Waals surface area (Å²) in [6.45, 7) is 4.78. The number of aromatic nitrogens is 2. The van der Waals surface area contributed by atoms with E-state index in [1.807, 2.05) is 13.8 Å². The molecule has 0 atom stereocenters. The molecule has 1 aromatic heterocycles. The van der Waals surface area contributed by atoms with Gasteiger partial charge in [0, 0.05) is 23.3 Å². The van der Waals surface area contributed by atoms with E-state index in [0.29, 0.717) is 28.2 Å². The molecule has 21 heavy (non-hydrogen) atoms. The molecule has 1 heterocycles. The highest BCUT2D eigenvalue weighted by Crippen LogP contribution is 2.19. The molecule has 1 rings (SSSR count). The number of amides is 1. The quantitative estimate of drug-likeness (QED) is 0.810. The number of nitrogens with two attached hydrogens (primary N) is 1. The zero-order valence-electron chi connectivity index (χ0n) is 13.0. The number of nitrogens with zero attached hydrogens (tertiary/aromatic N) is 2. The summed E-state index contributed by atoms with van der Waals surface area (Å²) in [4.78, 5) is 12.0. The van der Waals surface area contributed by atoms with Crippen LogP contribution in [-0.4, -0.2) is 27.8 Å². The summed E-state index contributed by atoms with van der Waals surface area (Å²) in [6.07, 6.45) is 1.55.